The van der Waals surface area contributed by atoms with Crippen molar-refractivity contribution in [2.24, 2.45) is 5.18 Å². The third-order valence-electron chi connectivity index (χ3n) is 2.91. The molecule has 96 valence electrons. The lowest BCUT2D eigenvalue weighted by Crippen LogP contribution is -2.07. The lowest BCUT2D eigenvalue weighted by Gasteiger charge is -2.13. The van der Waals surface area contributed by atoms with Gasteiger partial charge in [-0.2, -0.15) is 0 Å². The van der Waals surface area contributed by atoms with Crippen LogP contribution in [0.3, 0.4) is 0 Å². The summed E-state index contributed by atoms with van der Waals surface area (Å²) in [4.78, 5) is 22.0. The van der Waals surface area contributed by atoms with E-state index in [4.69, 9.17) is 5.11 Å². The zero-order chi connectivity index (χ0) is 13.7. The van der Waals surface area contributed by atoms with Crippen LogP contribution >= 0.6 is 0 Å². The van der Waals surface area contributed by atoms with Crippen LogP contribution in [0.2, 0.25) is 0 Å². The molecule has 19 heavy (non-hydrogen) atoms. The van der Waals surface area contributed by atoms with Gasteiger partial charge in [-0.05, 0) is 16.7 Å². The fourth-order valence-electron chi connectivity index (χ4n) is 2.06. The highest BCUT2D eigenvalue weighted by Crippen LogP contribution is 2.28. The highest BCUT2D eigenvalue weighted by Gasteiger charge is 2.18. The smallest absolute Gasteiger partial charge is 0.307 e. The predicted octanol–water partition coefficient (Wildman–Crippen LogP) is 3.17. The lowest BCUT2D eigenvalue weighted by atomic mass is 9.94. The Morgan fingerprint density at radius 2 is 1.68 bits per heavy atom. The first-order chi connectivity index (χ1) is 9.22. The zero-order valence-electron chi connectivity index (χ0n) is 10.2. The third-order valence-corrected chi connectivity index (χ3v) is 2.91. The van der Waals surface area contributed by atoms with Crippen LogP contribution in [0.5, 0.6) is 0 Å². The molecule has 1 N–H and O–H groups in total. The molecular formula is C15H13NO3. The van der Waals surface area contributed by atoms with Crippen molar-refractivity contribution in [1.29, 1.82) is 0 Å². The van der Waals surface area contributed by atoms with Gasteiger partial charge >= 0.3 is 5.97 Å². The summed E-state index contributed by atoms with van der Waals surface area (Å²) in [6.45, 7) is 0. The zero-order valence-corrected chi connectivity index (χ0v) is 10.2. The van der Waals surface area contributed by atoms with Gasteiger partial charge in [-0.15, -0.1) is 4.91 Å². The number of carboxylic acid groups (broad SMARTS) is 1. The van der Waals surface area contributed by atoms with Crippen LogP contribution in [0.1, 0.15) is 22.7 Å². The summed E-state index contributed by atoms with van der Waals surface area (Å²) >= 11 is 0. The number of nitrogens with zero attached hydrogens (tertiary/aromatic N) is 1. The van der Waals surface area contributed by atoms with Crippen molar-refractivity contribution in [3.63, 3.8) is 0 Å². The van der Waals surface area contributed by atoms with E-state index in [2.05, 4.69) is 5.18 Å². The fourth-order valence-corrected chi connectivity index (χ4v) is 2.06. The number of rotatable bonds is 5. The molecule has 0 aliphatic heterocycles. The standard InChI is InChI=1S/C15H13NO3/c17-14(18)10-12-8-4-5-9-13(12)15(16-19)11-6-2-1-3-7-11/h1-9,15H,10H2,(H,17,18). The summed E-state index contributed by atoms with van der Waals surface area (Å²) in [5, 5.41) is 12.1. The number of aliphatic carboxylic acids is 1. The molecule has 1 unspecified atom stereocenters. The molecule has 0 amide bonds. The van der Waals surface area contributed by atoms with Crippen LogP contribution in [-0.2, 0) is 11.2 Å². The normalized spacial score (nSPS) is 11.8. The van der Waals surface area contributed by atoms with E-state index in [-0.39, 0.29) is 6.42 Å². The predicted molar refractivity (Wildman–Crippen MR) is 71.9 cm³/mol. The number of hydrogen-bond donors (Lipinski definition) is 1. The van der Waals surface area contributed by atoms with Crippen LogP contribution in [0.4, 0.5) is 0 Å². The summed E-state index contributed by atoms with van der Waals surface area (Å²) in [5.74, 6) is -0.926. The third kappa shape index (κ3) is 3.04. The summed E-state index contributed by atoms with van der Waals surface area (Å²) in [6, 6.07) is 15.5. The fraction of sp³-hybridized carbons (Fsp3) is 0.133. The summed E-state index contributed by atoms with van der Waals surface area (Å²) < 4.78 is 0. The molecule has 0 heterocycles. The molecule has 0 aliphatic rings. The van der Waals surface area contributed by atoms with Crippen molar-refractivity contribution in [3.8, 4) is 0 Å². The highest BCUT2D eigenvalue weighted by atomic mass is 16.4. The Morgan fingerprint density at radius 3 is 2.32 bits per heavy atom. The number of hydrogen-bond acceptors (Lipinski definition) is 3. The van der Waals surface area contributed by atoms with Crippen molar-refractivity contribution >= 4 is 5.97 Å². The molecule has 0 bridgehead atoms. The maximum absolute atomic E-state index is 11.1. The van der Waals surface area contributed by atoms with Gasteiger partial charge in [0.1, 0.15) is 6.04 Å². The number of nitroso groups, excluding NO2 is 1. The van der Waals surface area contributed by atoms with Crippen molar-refractivity contribution in [2.75, 3.05) is 0 Å². The van der Waals surface area contributed by atoms with E-state index in [1.165, 1.54) is 0 Å². The Hall–Kier alpha value is -2.49. The molecule has 2 aromatic carbocycles. The monoisotopic (exact) mass is 255 g/mol. The van der Waals surface area contributed by atoms with Gasteiger partial charge in [-0.25, -0.2) is 0 Å². The SMILES string of the molecule is O=NC(c1ccccc1)c1ccccc1CC(=O)O. The van der Waals surface area contributed by atoms with Crippen LogP contribution in [-0.4, -0.2) is 11.1 Å². The molecule has 2 aromatic rings. The van der Waals surface area contributed by atoms with Crippen LogP contribution in [0.25, 0.3) is 0 Å². The van der Waals surface area contributed by atoms with E-state index in [1.54, 1.807) is 24.3 Å². The first kappa shape index (κ1) is 13.0. The van der Waals surface area contributed by atoms with Gasteiger partial charge in [0.15, 0.2) is 0 Å². The van der Waals surface area contributed by atoms with E-state index >= 15 is 0 Å². The Balaban J connectivity index is 2.44. The number of benzene rings is 2. The van der Waals surface area contributed by atoms with E-state index in [0.717, 1.165) is 5.56 Å². The first-order valence-electron chi connectivity index (χ1n) is 5.89. The quantitative estimate of drug-likeness (QED) is 0.834. The van der Waals surface area contributed by atoms with Gasteiger partial charge in [-0.3, -0.25) is 4.79 Å². The molecular weight excluding hydrogens is 242 g/mol. The van der Waals surface area contributed by atoms with Crippen molar-refractivity contribution in [2.45, 2.75) is 12.5 Å². The Bertz CT molecular complexity index is 581. The Kier molecular flexibility index (Phi) is 4.03. The molecule has 4 nitrogen and oxygen atoms in total. The van der Waals surface area contributed by atoms with Gasteiger partial charge in [0.2, 0.25) is 0 Å². The Morgan fingerprint density at radius 1 is 1.05 bits per heavy atom. The topological polar surface area (TPSA) is 66.7 Å². The van der Waals surface area contributed by atoms with Gasteiger partial charge < -0.3 is 5.11 Å². The number of carboxylic acids is 1. The average Bonchev–Trinajstić information content (AvgIpc) is 2.42. The van der Waals surface area contributed by atoms with Crippen molar-refractivity contribution < 1.29 is 9.90 Å². The summed E-state index contributed by atoms with van der Waals surface area (Å²) in [5.41, 5.74) is 2.02. The van der Waals surface area contributed by atoms with Gasteiger partial charge in [0.05, 0.1) is 6.42 Å². The van der Waals surface area contributed by atoms with Gasteiger partial charge in [0.25, 0.3) is 0 Å². The molecule has 2 rings (SSSR count). The molecule has 0 saturated heterocycles. The van der Waals surface area contributed by atoms with Crippen LogP contribution < -0.4 is 0 Å². The Labute approximate surface area is 110 Å². The van der Waals surface area contributed by atoms with Crippen LogP contribution in [0, 0.1) is 4.91 Å². The van der Waals surface area contributed by atoms with Gasteiger partial charge in [-0.1, -0.05) is 59.8 Å². The lowest BCUT2D eigenvalue weighted by molar-refractivity contribution is -0.136. The maximum Gasteiger partial charge on any atom is 0.307 e. The van der Waals surface area contributed by atoms with Crippen molar-refractivity contribution in [1.82, 2.24) is 0 Å². The van der Waals surface area contributed by atoms with E-state index in [0.29, 0.717) is 11.1 Å². The second-order valence-corrected chi connectivity index (χ2v) is 4.19. The van der Waals surface area contributed by atoms with E-state index in [1.807, 2.05) is 30.3 Å². The van der Waals surface area contributed by atoms with Crippen LogP contribution in [0.15, 0.2) is 59.8 Å². The minimum absolute atomic E-state index is 0.116. The highest BCUT2D eigenvalue weighted by molar-refractivity contribution is 5.71. The second-order valence-electron chi connectivity index (χ2n) is 4.19. The molecule has 0 radical (unpaired) electrons. The van der Waals surface area contributed by atoms with E-state index in [9.17, 15) is 9.70 Å². The van der Waals surface area contributed by atoms with E-state index < -0.39 is 12.0 Å². The molecule has 0 aliphatic carbocycles. The molecule has 0 aromatic heterocycles. The van der Waals surface area contributed by atoms with Crippen molar-refractivity contribution in [3.05, 3.63) is 76.2 Å². The minimum Gasteiger partial charge on any atom is -0.481 e. The van der Waals surface area contributed by atoms with Gasteiger partial charge in [0, 0.05) is 0 Å². The maximum atomic E-state index is 11.1. The minimum atomic E-state index is -0.926. The molecule has 0 fully saturated rings. The first-order valence-corrected chi connectivity index (χ1v) is 5.89. The largest absolute Gasteiger partial charge is 0.481 e. The molecule has 0 saturated carbocycles. The number of carbonyl (C=O) groups is 1. The molecule has 0 spiro atoms. The average molecular weight is 255 g/mol. The summed E-state index contributed by atoms with van der Waals surface area (Å²) in [6.07, 6.45) is -0.116. The molecule has 1 atom stereocenters. The summed E-state index contributed by atoms with van der Waals surface area (Å²) in [7, 11) is 0. The second kappa shape index (κ2) is 5.91. The molecule has 4 heteroatoms.